The van der Waals surface area contributed by atoms with Crippen LogP contribution in [-0.4, -0.2) is 90.4 Å². The number of hydrogen-bond acceptors (Lipinski definition) is 8. The molecule has 9 nitrogen and oxygen atoms in total. The first-order valence-corrected chi connectivity index (χ1v) is 23.6. The zero-order valence-corrected chi connectivity index (χ0v) is 36.3. The van der Waals surface area contributed by atoms with Gasteiger partial charge in [0.15, 0.2) is 9.84 Å². The van der Waals surface area contributed by atoms with Crippen molar-refractivity contribution < 1.29 is 33.0 Å². The van der Waals surface area contributed by atoms with Crippen molar-refractivity contribution in [1.82, 2.24) is 10.2 Å². The Labute approximate surface area is 327 Å². The van der Waals surface area contributed by atoms with Crippen molar-refractivity contribution in [3.8, 4) is 0 Å². The van der Waals surface area contributed by atoms with Gasteiger partial charge in [-0.2, -0.15) is 0 Å². The third-order valence-electron chi connectivity index (χ3n) is 18.0. The Morgan fingerprint density at radius 2 is 1.54 bits per heavy atom. The van der Waals surface area contributed by atoms with E-state index in [1.54, 1.807) is 13.8 Å². The lowest BCUT2D eigenvalue weighted by Crippen LogP contribution is -2.69. The molecule has 0 amide bonds. The van der Waals surface area contributed by atoms with E-state index in [1.165, 1.54) is 44.9 Å². The molecule has 0 radical (unpaired) electrons. The molecule has 3 N–H and O–H groups in total. The molecule has 5 aliphatic carbocycles. The van der Waals surface area contributed by atoms with Gasteiger partial charge in [0.1, 0.15) is 6.10 Å². The molecule has 6 aliphatic rings. The predicted octanol–water partition coefficient (Wildman–Crippen LogP) is 7.35. The van der Waals surface area contributed by atoms with Crippen LogP contribution < -0.4 is 5.32 Å². The highest BCUT2D eigenvalue weighted by atomic mass is 32.2. The first kappa shape index (κ1) is 42.4. The molecule has 0 spiro atoms. The fourth-order valence-electron chi connectivity index (χ4n) is 14.8. The van der Waals surface area contributed by atoms with Crippen molar-refractivity contribution in [2.45, 2.75) is 170 Å². The Balaban J connectivity index is 1.20. The minimum Gasteiger partial charge on any atom is -0.481 e. The SMILES string of the molecule is CC(C)[C@@H]1CC[C@]2(NCC[C@H]([C@H](C)O)N3CCS(=O)(=O)CC3)CC[C@]3(C)[C@H](CC[C@@H]4[C@@]5(C)CC[C@H](OC(=O)CC(C)(C)C(=O)O)C(C)(C)[C@@H]5CC[C@]43C)[C@@H]12. The van der Waals surface area contributed by atoms with E-state index < -0.39 is 33.3 Å². The lowest BCUT2D eigenvalue weighted by molar-refractivity contribution is -0.247. The monoisotopic (exact) mass is 777 g/mol. The number of rotatable bonds is 11. The van der Waals surface area contributed by atoms with Gasteiger partial charge in [-0.25, -0.2) is 8.42 Å². The van der Waals surface area contributed by atoms with E-state index in [-0.39, 0.29) is 57.3 Å². The molecule has 1 aliphatic heterocycles. The maximum atomic E-state index is 13.1. The van der Waals surface area contributed by atoms with Crippen LogP contribution in [0.25, 0.3) is 0 Å². The average molecular weight is 777 g/mol. The number of nitrogens with one attached hydrogen (secondary N) is 1. The van der Waals surface area contributed by atoms with Gasteiger partial charge in [0.05, 0.1) is 29.4 Å². The number of aliphatic hydroxyl groups is 1. The largest absolute Gasteiger partial charge is 0.481 e. The van der Waals surface area contributed by atoms with E-state index in [2.05, 4.69) is 58.7 Å². The van der Waals surface area contributed by atoms with Crippen LogP contribution in [0.15, 0.2) is 0 Å². The minimum atomic E-state index is -2.98. The van der Waals surface area contributed by atoms with Crippen LogP contribution >= 0.6 is 0 Å². The molecular formula is C44H76N2O7S. The lowest BCUT2D eigenvalue weighted by atomic mass is 9.32. The first-order valence-electron chi connectivity index (χ1n) is 21.7. The van der Waals surface area contributed by atoms with Crippen LogP contribution in [0.2, 0.25) is 0 Å². The van der Waals surface area contributed by atoms with Gasteiger partial charge in [0.2, 0.25) is 0 Å². The Hall–Kier alpha value is -1.23. The van der Waals surface area contributed by atoms with E-state index in [0.29, 0.717) is 48.6 Å². The summed E-state index contributed by atoms with van der Waals surface area (Å²) in [4.78, 5) is 27.1. The van der Waals surface area contributed by atoms with Crippen molar-refractivity contribution in [3.63, 3.8) is 0 Å². The highest BCUT2D eigenvalue weighted by Crippen LogP contribution is 2.76. The Morgan fingerprint density at radius 1 is 0.870 bits per heavy atom. The number of carbonyl (C=O) groups excluding carboxylic acids is 1. The van der Waals surface area contributed by atoms with E-state index in [0.717, 1.165) is 32.2 Å². The third-order valence-corrected chi connectivity index (χ3v) is 19.6. The Kier molecular flexibility index (Phi) is 11.4. The molecule has 12 atom stereocenters. The summed E-state index contributed by atoms with van der Waals surface area (Å²) < 4.78 is 30.5. The fourth-order valence-corrected chi connectivity index (χ4v) is 16.0. The summed E-state index contributed by atoms with van der Waals surface area (Å²) in [6.07, 6.45) is 11.6. The van der Waals surface area contributed by atoms with E-state index in [4.69, 9.17) is 4.74 Å². The molecule has 0 aromatic heterocycles. The van der Waals surface area contributed by atoms with Crippen LogP contribution in [0, 0.1) is 62.6 Å². The maximum Gasteiger partial charge on any atom is 0.309 e. The van der Waals surface area contributed by atoms with E-state index in [1.807, 2.05) is 6.92 Å². The van der Waals surface area contributed by atoms with Crippen molar-refractivity contribution in [2.75, 3.05) is 31.1 Å². The van der Waals surface area contributed by atoms with Gasteiger partial charge < -0.3 is 20.3 Å². The molecule has 0 bridgehead atoms. The molecule has 310 valence electrons. The van der Waals surface area contributed by atoms with Crippen LogP contribution in [0.3, 0.4) is 0 Å². The number of aliphatic carboxylic acids is 1. The molecule has 0 aromatic rings. The number of carboxylic acid groups (broad SMARTS) is 1. The number of aliphatic hydroxyl groups excluding tert-OH is 1. The van der Waals surface area contributed by atoms with Gasteiger partial charge >= 0.3 is 11.9 Å². The number of hydrogen-bond donors (Lipinski definition) is 3. The number of fused-ring (bicyclic) bond motifs is 7. The number of carbonyl (C=O) groups is 2. The number of esters is 1. The van der Waals surface area contributed by atoms with Crippen LogP contribution in [0.5, 0.6) is 0 Å². The van der Waals surface area contributed by atoms with E-state index >= 15 is 0 Å². The molecule has 1 heterocycles. The number of ether oxygens (including phenoxy) is 1. The number of sulfone groups is 1. The fraction of sp³-hybridized carbons (Fsp3) is 0.955. The summed E-state index contributed by atoms with van der Waals surface area (Å²) in [5.41, 5.74) is -0.633. The standard InChI is InChI=1S/C44H76N2O7S/c1-28(2)30-13-19-44(45-22-16-32(29(3)47)46-23-25-54(51,52)26-24-46)21-20-42(9)31(37(30)44)11-12-34-41(8)17-15-35(53-36(48)27-39(4,5)38(49)50)40(6,7)33(41)14-18-43(34,42)10/h28-35,37,45,47H,11-27H2,1-10H3,(H,49,50)/t29-,30-,31+,32+,33-,34+,35-,37+,41-,42+,43+,44-/m0/s1. The van der Waals surface area contributed by atoms with Gasteiger partial charge in [-0.15, -0.1) is 0 Å². The molecule has 10 heteroatoms. The van der Waals surface area contributed by atoms with Gasteiger partial charge in [-0.05, 0) is 150 Å². The Bertz CT molecular complexity index is 1510. The van der Waals surface area contributed by atoms with Crippen molar-refractivity contribution in [1.29, 1.82) is 0 Å². The molecule has 54 heavy (non-hydrogen) atoms. The second-order valence-corrected chi connectivity index (χ2v) is 24.0. The van der Waals surface area contributed by atoms with Gasteiger partial charge in [0.25, 0.3) is 0 Å². The van der Waals surface area contributed by atoms with Crippen LogP contribution in [0.1, 0.15) is 146 Å². The van der Waals surface area contributed by atoms with Crippen molar-refractivity contribution in [3.05, 3.63) is 0 Å². The summed E-state index contributed by atoms with van der Waals surface area (Å²) in [5.74, 6) is 2.62. The zero-order valence-electron chi connectivity index (χ0n) is 35.5. The molecule has 6 fully saturated rings. The van der Waals surface area contributed by atoms with Crippen molar-refractivity contribution in [2.24, 2.45) is 62.6 Å². The van der Waals surface area contributed by atoms with Gasteiger partial charge in [0, 0.05) is 30.1 Å². The van der Waals surface area contributed by atoms with Crippen LogP contribution in [-0.2, 0) is 24.2 Å². The second-order valence-electron chi connectivity index (χ2n) is 21.7. The zero-order chi connectivity index (χ0) is 39.9. The summed E-state index contributed by atoms with van der Waals surface area (Å²) >= 11 is 0. The van der Waals surface area contributed by atoms with Gasteiger partial charge in [-0.3, -0.25) is 14.5 Å². The molecule has 6 rings (SSSR count). The highest BCUT2D eigenvalue weighted by Gasteiger charge is 2.71. The highest BCUT2D eigenvalue weighted by molar-refractivity contribution is 7.91. The summed E-state index contributed by atoms with van der Waals surface area (Å²) in [5, 5.41) is 24.7. The number of nitrogens with zero attached hydrogens (tertiary/aromatic N) is 1. The molecular weight excluding hydrogens is 701 g/mol. The van der Waals surface area contributed by atoms with E-state index in [9.17, 15) is 28.2 Å². The molecule has 0 aromatic carbocycles. The van der Waals surface area contributed by atoms with Crippen molar-refractivity contribution >= 4 is 21.8 Å². The average Bonchev–Trinajstić information content (AvgIpc) is 3.45. The molecule has 0 unspecified atom stereocenters. The minimum absolute atomic E-state index is 0.0382. The quantitative estimate of drug-likeness (QED) is 0.184. The number of carboxylic acids is 1. The summed E-state index contributed by atoms with van der Waals surface area (Å²) in [6.45, 7) is 24.4. The molecule has 1 saturated heterocycles. The third kappa shape index (κ3) is 7.03. The maximum absolute atomic E-state index is 13.1. The predicted molar refractivity (Wildman–Crippen MR) is 214 cm³/mol. The Morgan fingerprint density at radius 3 is 2.15 bits per heavy atom. The summed E-state index contributed by atoms with van der Waals surface area (Å²) in [7, 11) is -2.98. The summed E-state index contributed by atoms with van der Waals surface area (Å²) in [6, 6.07) is -0.0382. The normalized spacial score (nSPS) is 42.9. The smallest absolute Gasteiger partial charge is 0.309 e. The topological polar surface area (TPSA) is 133 Å². The first-order chi connectivity index (χ1) is 24.9. The second kappa shape index (κ2) is 14.5. The lowest BCUT2D eigenvalue weighted by Gasteiger charge is -2.73. The molecule has 5 saturated carbocycles. The van der Waals surface area contributed by atoms with Crippen LogP contribution in [0.4, 0.5) is 0 Å². The van der Waals surface area contributed by atoms with Gasteiger partial charge in [-0.1, -0.05) is 48.5 Å².